The number of para-hydroxylation sites is 1. The molecule has 2 nitrogen and oxygen atoms in total. The molecular formula is C11H11NOS. The van der Waals surface area contributed by atoms with Crippen LogP contribution < -0.4 is 4.74 Å². The second-order valence-corrected chi connectivity index (χ2v) is 3.73. The molecule has 0 radical (unpaired) electrons. The number of fused-ring (bicyclic) bond motifs is 1. The Morgan fingerprint density at radius 2 is 2.07 bits per heavy atom. The summed E-state index contributed by atoms with van der Waals surface area (Å²) >= 11 is 1.65. The second-order valence-electron chi connectivity index (χ2n) is 2.88. The average Bonchev–Trinajstić information content (AvgIpc) is 2.27. The molecule has 0 spiro atoms. The summed E-state index contributed by atoms with van der Waals surface area (Å²) < 4.78 is 5.39. The quantitative estimate of drug-likeness (QED) is 0.704. The van der Waals surface area contributed by atoms with Gasteiger partial charge in [-0.2, -0.15) is 0 Å². The van der Waals surface area contributed by atoms with E-state index in [0.29, 0.717) is 0 Å². The molecule has 0 atom stereocenters. The van der Waals surface area contributed by atoms with Gasteiger partial charge in [0, 0.05) is 11.6 Å². The minimum atomic E-state index is 0.920. The first-order valence-corrected chi connectivity index (χ1v) is 5.55. The predicted octanol–water partition coefficient (Wildman–Crippen LogP) is 2.97. The Labute approximate surface area is 87.3 Å². The molecule has 0 aliphatic heterocycles. The van der Waals surface area contributed by atoms with Gasteiger partial charge in [-0.15, -0.1) is 11.8 Å². The van der Waals surface area contributed by atoms with E-state index < -0.39 is 0 Å². The van der Waals surface area contributed by atoms with Crippen LogP contribution in [0, 0.1) is 0 Å². The molecule has 1 heterocycles. The zero-order valence-electron chi connectivity index (χ0n) is 8.15. The molecule has 1 aromatic carbocycles. The maximum absolute atomic E-state index is 5.39. The molecule has 14 heavy (non-hydrogen) atoms. The van der Waals surface area contributed by atoms with E-state index in [1.54, 1.807) is 18.9 Å². The van der Waals surface area contributed by atoms with E-state index in [2.05, 4.69) is 4.98 Å². The third kappa shape index (κ3) is 1.44. The highest BCUT2D eigenvalue weighted by Crippen LogP contribution is 2.33. The summed E-state index contributed by atoms with van der Waals surface area (Å²) in [7, 11) is 1.70. The highest BCUT2D eigenvalue weighted by atomic mass is 32.2. The highest BCUT2D eigenvalue weighted by Gasteiger charge is 2.07. The number of pyridine rings is 1. The van der Waals surface area contributed by atoms with Crippen molar-refractivity contribution >= 4 is 22.7 Å². The highest BCUT2D eigenvalue weighted by molar-refractivity contribution is 7.98. The van der Waals surface area contributed by atoms with Crippen molar-refractivity contribution < 1.29 is 4.74 Å². The first-order valence-electron chi connectivity index (χ1n) is 4.32. The molecule has 0 saturated heterocycles. The fourth-order valence-electron chi connectivity index (χ4n) is 1.45. The monoisotopic (exact) mass is 205 g/mol. The van der Waals surface area contributed by atoms with E-state index in [1.165, 1.54) is 0 Å². The van der Waals surface area contributed by atoms with Crippen molar-refractivity contribution in [2.45, 2.75) is 4.90 Å². The van der Waals surface area contributed by atoms with Crippen LogP contribution in [0.3, 0.4) is 0 Å². The van der Waals surface area contributed by atoms with Crippen LogP contribution in [-0.4, -0.2) is 18.3 Å². The normalized spacial score (nSPS) is 10.4. The van der Waals surface area contributed by atoms with E-state index in [9.17, 15) is 0 Å². The molecule has 0 bridgehead atoms. The third-order valence-electron chi connectivity index (χ3n) is 2.12. The number of aromatic nitrogens is 1. The fraction of sp³-hybridized carbons (Fsp3) is 0.182. The van der Waals surface area contributed by atoms with E-state index in [0.717, 1.165) is 21.5 Å². The smallest absolute Gasteiger partial charge is 0.143 e. The lowest BCUT2D eigenvalue weighted by Gasteiger charge is -2.08. The molecule has 3 heteroatoms. The molecule has 1 aromatic heterocycles. The van der Waals surface area contributed by atoms with Gasteiger partial charge in [-0.05, 0) is 18.4 Å². The zero-order chi connectivity index (χ0) is 9.97. The number of thioether (sulfide) groups is 1. The maximum atomic E-state index is 5.39. The number of hydrogen-bond donors (Lipinski definition) is 0. The Balaban J connectivity index is 2.77. The molecule has 0 amide bonds. The molecule has 0 aliphatic rings. The molecule has 0 saturated carbocycles. The van der Waals surface area contributed by atoms with Crippen LogP contribution in [0.4, 0.5) is 0 Å². The number of rotatable bonds is 2. The summed E-state index contributed by atoms with van der Waals surface area (Å²) in [5, 5.41) is 1.07. The predicted molar refractivity (Wildman–Crippen MR) is 60.1 cm³/mol. The van der Waals surface area contributed by atoms with Crippen LogP contribution in [0.1, 0.15) is 0 Å². The molecule has 0 aliphatic carbocycles. The van der Waals surface area contributed by atoms with E-state index in [-0.39, 0.29) is 0 Å². The molecule has 0 fully saturated rings. The Bertz CT molecular complexity index is 456. The number of benzene rings is 1. The van der Waals surface area contributed by atoms with Crippen molar-refractivity contribution in [1.82, 2.24) is 4.98 Å². The van der Waals surface area contributed by atoms with Gasteiger partial charge in [0.1, 0.15) is 5.75 Å². The van der Waals surface area contributed by atoms with Gasteiger partial charge in [0.25, 0.3) is 0 Å². The lowest BCUT2D eigenvalue weighted by Crippen LogP contribution is -1.89. The van der Waals surface area contributed by atoms with Crippen LogP contribution in [0.5, 0.6) is 5.75 Å². The summed E-state index contributed by atoms with van der Waals surface area (Å²) in [6.07, 6.45) is 3.88. The van der Waals surface area contributed by atoms with Gasteiger partial charge in [-0.25, -0.2) is 0 Å². The van der Waals surface area contributed by atoms with Crippen LogP contribution in [0.25, 0.3) is 10.9 Å². The van der Waals surface area contributed by atoms with Gasteiger partial charge >= 0.3 is 0 Å². The second kappa shape index (κ2) is 3.88. The molecule has 0 N–H and O–H groups in total. The topological polar surface area (TPSA) is 22.1 Å². The summed E-state index contributed by atoms with van der Waals surface area (Å²) in [5.74, 6) is 0.920. The van der Waals surface area contributed by atoms with E-state index >= 15 is 0 Å². The van der Waals surface area contributed by atoms with Crippen LogP contribution in [-0.2, 0) is 0 Å². The number of ether oxygens (including phenoxy) is 1. The minimum Gasteiger partial charge on any atom is -0.495 e. The average molecular weight is 205 g/mol. The van der Waals surface area contributed by atoms with Crippen molar-refractivity contribution in [3.8, 4) is 5.75 Å². The number of hydrogen-bond acceptors (Lipinski definition) is 3. The first kappa shape index (κ1) is 9.34. The number of nitrogens with zero attached hydrogens (tertiary/aromatic N) is 1. The zero-order valence-corrected chi connectivity index (χ0v) is 8.97. The number of methoxy groups -OCH3 is 1. The fourth-order valence-corrected chi connectivity index (χ4v) is 1.99. The van der Waals surface area contributed by atoms with Crippen molar-refractivity contribution in [1.29, 1.82) is 0 Å². The van der Waals surface area contributed by atoms with Crippen molar-refractivity contribution in [2.24, 2.45) is 0 Å². The van der Waals surface area contributed by atoms with Gasteiger partial charge in [0.05, 0.1) is 17.5 Å². The van der Waals surface area contributed by atoms with Crippen LogP contribution in [0.15, 0.2) is 35.4 Å². The SMILES string of the molecule is COc1c(SC)cnc2ccccc12. The molecule has 0 unspecified atom stereocenters. The van der Waals surface area contributed by atoms with E-state index in [1.807, 2.05) is 36.7 Å². The minimum absolute atomic E-state index is 0.920. The maximum Gasteiger partial charge on any atom is 0.143 e. The van der Waals surface area contributed by atoms with Gasteiger partial charge in [-0.3, -0.25) is 4.98 Å². The molecule has 2 aromatic rings. The van der Waals surface area contributed by atoms with Crippen LogP contribution >= 0.6 is 11.8 Å². The summed E-state index contributed by atoms with van der Waals surface area (Å²) in [5.41, 5.74) is 0.974. The van der Waals surface area contributed by atoms with E-state index in [4.69, 9.17) is 4.74 Å². The van der Waals surface area contributed by atoms with Gasteiger partial charge in [0.2, 0.25) is 0 Å². The van der Waals surface area contributed by atoms with Crippen LogP contribution in [0.2, 0.25) is 0 Å². The summed E-state index contributed by atoms with van der Waals surface area (Å²) in [4.78, 5) is 5.43. The molecular weight excluding hydrogens is 194 g/mol. The van der Waals surface area contributed by atoms with Crippen molar-refractivity contribution in [3.05, 3.63) is 30.5 Å². The van der Waals surface area contributed by atoms with Crippen molar-refractivity contribution in [2.75, 3.05) is 13.4 Å². The molecule has 72 valence electrons. The van der Waals surface area contributed by atoms with Crippen molar-refractivity contribution in [3.63, 3.8) is 0 Å². The largest absolute Gasteiger partial charge is 0.495 e. The lowest BCUT2D eigenvalue weighted by molar-refractivity contribution is 0.409. The standard InChI is InChI=1S/C11H11NOS/c1-13-11-8-5-3-4-6-9(8)12-7-10(11)14-2/h3-7H,1-2H3. The first-order chi connectivity index (χ1) is 6.86. The van der Waals surface area contributed by atoms with Gasteiger partial charge in [0.15, 0.2) is 0 Å². The molecule has 2 rings (SSSR count). The Hall–Kier alpha value is -1.22. The summed E-state index contributed by atoms with van der Waals surface area (Å²) in [6.45, 7) is 0. The van der Waals surface area contributed by atoms with Gasteiger partial charge in [-0.1, -0.05) is 12.1 Å². The lowest BCUT2D eigenvalue weighted by atomic mass is 10.2. The van der Waals surface area contributed by atoms with Gasteiger partial charge < -0.3 is 4.74 Å². The Morgan fingerprint density at radius 1 is 1.29 bits per heavy atom. The summed E-state index contributed by atoms with van der Waals surface area (Å²) in [6, 6.07) is 7.99. The Morgan fingerprint density at radius 3 is 2.79 bits per heavy atom. The Kier molecular flexibility index (Phi) is 2.59. The third-order valence-corrected chi connectivity index (χ3v) is 2.85.